The molecule has 0 amide bonds. The van der Waals surface area contributed by atoms with Crippen LogP contribution in [-0.4, -0.2) is 30.3 Å². The average Bonchev–Trinajstić information content (AvgIpc) is 2.38. The van der Waals surface area contributed by atoms with E-state index in [4.69, 9.17) is 5.26 Å². The second-order valence-corrected chi connectivity index (χ2v) is 5.76. The predicted octanol–water partition coefficient (Wildman–Crippen LogP) is 3.36. The molecular weight excluding hydrogens is 248 g/mol. The quantitative estimate of drug-likeness (QED) is 0.715. The third-order valence-corrected chi connectivity index (χ3v) is 3.36. The smallest absolute Gasteiger partial charge is 0.176 e. The molecule has 0 aliphatic rings. The van der Waals surface area contributed by atoms with Crippen molar-refractivity contribution in [1.82, 2.24) is 4.90 Å². The van der Waals surface area contributed by atoms with Crippen LogP contribution in [0.15, 0.2) is 18.2 Å². The van der Waals surface area contributed by atoms with Crippen molar-refractivity contribution in [3.8, 4) is 6.07 Å². The molecule has 1 aromatic carbocycles. The van der Waals surface area contributed by atoms with E-state index in [2.05, 4.69) is 24.8 Å². The molecule has 0 aliphatic heterocycles. The zero-order valence-corrected chi connectivity index (χ0v) is 12.9. The van der Waals surface area contributed by atoms with Gasteiger partial charge in [0, 0.05) is 25.1 Å². The van der Waals surface area contributed by atoms with Crippen LogP contribution in [0.25, 0.3) is 0 Å². The van der Waals surface area contributed by atoms with Crippen LogP contribution in [0.2, 0.25) is 0 Å². The molecule has 0 atom stereocenters. The van der Waals surface area contributed by atoms with Gasteiger partial charge in [-0.1, -0.05) is 26.0 Å². The van der Waals surface area contributed by atoms with Crippen molar-refractivity contribution in [2.45, 2.75) is 34.1 Å². The highest BCUT2D eigenvalue weighted by Crippen LogP contribution is 2.11. The predicted molar refractivity (Wildman–Crippen MR) is 81.8 cm³/mol. The third-order valence-electron chi connectivity index (χ3n) is 3.36. The van der Waals surface area contributed by atoms with Gasteiger partial charge in [0.2, 0.25) is 0 Å². The Labute approximate surface area is 122 Å². The summed E-state index contributed by atoms with van der Waals surface area (Å²) in [6.07, 6.45) is 0.465. The Morgan fingerprint density at radius 3 is 2.55 bits per heavy atom. The van der Waals surface area contributed by atoms with Crippen LogP contribution in [0.1, 0.15) is 41.8 Å². The minimum atomic E-state index is 0.131. The highest BCUT2D eigenvalue weighted by molar-refractivity contribution is 5.97. The number of carbonyl (C=O) groups is 1. The second kappa shape index (κ2) is 7.81. The summed E-state index contributed by atoms with van der Waals surface area (Å²) in [7, 11) is 0. The zero-order chi connectivity index (χ0) is 15.1. The summed E-state index contributed by atoms with van der Waals surface area (Å²) in [5.74, 6) is 0.618. The van der Waals surface area contributed by atoms with Crippen LogP contribution in [0.5, 0.6) is 0 Å². The Kier molecular flexibility index (Phi) is 6.41. The lowest BCUT2D eigenvalue weighted by Crippen LogP contribution is -2.33. The summed E-state index contributed by atoms with van der Waals surface area (Å²) in [4.78, 5) is 14.4. The number of carbonyl (C=O) groups excluding carboxylic acids is 1. The molecule has 0 heterocycles. The highest BCUT2D eigenvalue weighted by atomic mass is 16.1. The zero-order valence-electron chi connectivity index (χ0n) is 12.9. The largest absolute Gasteiger partial charge is 0.295 e. The number of hydrogen-bond donors (Lipinski definition) is 0. The SMILES string of the molecule is Cc1ccc(C(=O)CN(CCC#N)CC(C)C)cc1C. The average molecular weight is 272 g/mol. The molecule has 0 saturated heterocycles. The number of Topliss-reactive ketones (excluding diaryl/α,β-unsaturated/α-hetero) is 1. The van der Waals surface area contributed by atoms with E-state index in [9.17, 15) is 4.79 Å². The number of rotatable bonds is 7. The fourth-order valence-corrected chi connectivity index (χ4v) is 2.17. The first-order valence-corrected chi connectivity index (χ1v) is 7.13. The molecule has 0 N–H and O–H groups in total. The molecule has 3 heteroatoms. The van der Waals surface area contributed by atoms with Crippen molar-refractivity contribution in [3.63, 3.8) is 0 Å². The molecule has 0 saturated carbocycles. The van der Waals surface area contributed by atoms with E-state index >= 15 is 0 Å². The van der Waals surface area contributed by atoms with Gasteiger partial charge < -0.3 is 0 Å². The van der Waals surface area contributed by atoms with Crippen LogP contribution in [0.4, 0.5) is 0 Å². The molecule has 0 bridgehead atoms. The van der Waals surface area contributed by atoms with Crippen LogP contribution < -0.4 is 0 Å². The van der Waals surface area contributed by atoms with Gasteiger partial charge in [-0.3, -0.25) is 9.69 Å². The number of aryl methyl sites for hydroxylation is 2. The van der Waals surface area contributed by atoms with Crippen LogP contribution in [-0.2, 0) is 0 Å². The Balaban J connectivity index is 2.73. The maximum Gasteiger partial charge on any atom is 0.176 e. The molecule has 0 radical (unpaired) electrons. The van der Waals surface area contributed by atoms with Gasteiger partial charge in [0.05, 0.1) is 12.6 Å². The van der Waals surface area contributed by atoms with Crippen molar-refractivity contribution in [1.29, 1.82) is 5.26 Å². The highest BCUT2D eigenvalue weighted by Gasteiger charge is 2.14. The van der Waals surface area contributed by atoms with Gasteiger partial charge >= 0.3 is 0 Å². The minimum Gasteiger partial charge on any atom is -0.295 e. The van der Waals surface area contributed by atoms with Gasteiger partial charge in [0.15, 0.2) is 5.78 Å². The first-order chi connectivity index (χ1) is 9.43. The normalized spacial score (nSPS) is 10.8. The molecule has 0 fully saturated rings. The second-order valence-electron chi connectivity index (χ2n) is 5.76. The maximum absolute atomic E-state index is 12.3. The lowest BCUT2D eigenvalue weighted by Gasteiger charge is -2.22. The van der Waals surface area contributed by atoms with Gasteiger partial charge in [-0.15, -0.1) is 0 Å². The number of benzene rings is 1. The molecule has 0 unspecified atom stereocenters. The van der Waals surface area contributed by atoms with E-state index in [1.807, 2.05) is 32.0 Å². The third kappa shape index (κ3) is 5.14. The van der Waals surface area contributed by atoms with Crippen LogP contribution in [0, 0.1) is 31.1 Å². The molecule has 3 nitrogen and oxygen atoms in total. The minimum absolute atomic E-state index is 0.131. The van der Waals surface area contributed by atoms with Gasteiger partial charge in [-0.25, -0.2) is 0 Å². The maximum atomic E-state index is 12.3. The van der Waals surface area contributed by atoms with E-state index in [0.717, 1.165) is 17.7 Å². The van der Waals surface area contributed by atoms with E-state index in [0.29, 0.717) is 25.4 Å². The Morgan fingerprint density at radius 1 is 1.30 bits per heavy atom. The summed E-state index contributed by atoms with van der Waals surface area (Å²) in [6.45, 7) is 10.2. The van der Waals surface area contributed by atoms with E-state index in [1.165, 1.54) is 5.56 Å². The summed E-state index contributed by atoms with van der Waals surface area (Å²) in [5.41, 5.74) is 3.10. The standard InChI is InChI=1S/C17H24N2O/c1-13(2)11-19(9-5-8-18)12-17(20)16-7-6-14(3)15(4)10-16/h6-7,10,13H,5,9,11-12H2,1-4H3. The molecule has 108 valence electrons. The Hall–Kier alpha value is -1.66. The number of nitrogens with zero attached hydrogens (tertiary/aromatic N) is 2. The van der Waals surface area contributed by atoms with Crippen molar-refractivity contribution in [3.05, 3.63) is 34.9 Å². The molecule has 0 aromatic heterocycles. The van der Waals surface area contributed by atoms with Crippen LogP contribution >= 0.6 is 0 Å². The van der Waals surface area contributed by atoms with Gasteiger partial charge in [0.1, 0.15) is 0 Å². The van der Waals surface area contributed by atoms with Gasteiger partial charge in [-0.05, 0) is 37.0 Å². The van der Waals surface area contributed by atoms with E-state index in [-0.39, 0.29) is 5.78 Å². The lowest BCUT2D eigenvalue weighted by atomic mass is 10.0. The van der Waals surface area contributed by atoms with Crippen molar-refractivity contribution < 1.29 is 4.79 Å². The Bertz CT molecular complexity index is 500. The van der Waals surface area contributed by atoms with E-state index in [1.54, 1.807) is 0 Å². The van der Waals surface area contributed by atoms with Crippen molar-refractivity contribution >= 4 is 5.78 Å². The molecule has 1 rings (SSSR count). The monoisotopic (exact) mass is 272 g/mol. The fourth-order valence-electron chi connectivity index (χ4n) is 2.17. The topological polar surface area (TPSA) is 44.1 Å². The fraction of sp³-hybridized carbons (Fsp3) is 0.529. The summed E-state index contributed by atoms with van der Waals surface area (Å²) in [5, 5.41) is 8.71. The summed E-state index contributed by atoms with van der Waals surface area (Å²) < 4.78 is 0. The number of hydrogen-bond acceptors (Lipinski definition) is 3. The summed E-state index contributed by atoms with van der Waals surface area (Å²) >= 11 is 0. The molecule has 1 aromatic rings. The lowest BCUT2D eigenvalue weighted by molar-refractivity contribution is 0.0923. The molecule has 0 aliphatic carbocycles. The number of nitriles is 1. The van der Waals surface area contributed by atoms with Gasteiger partial charge in [0.25, 0.3) is 0 Å². The number of ketones is 1. The first kappa shape index (κ1) is 16.4. The Morgan fingerprint density at radius 2 is 2.00 bits per heavy atom. The molecule has 0 spiro atoms. The van der Waals surface area contributed by atoms with Crippen molar-refractivity contribution in [2.75, 3.05) is 19.6 Å². The van der Waals surface area contributed by atoms with E-state index < -0.39 is 0 Å². The van der Waals surface area contributed by atoms with Gasteiger partial charge in [-0.2, -0.15) is 5.26 Å². The summed E-state index contributed by atoms with van der Waals surface area (Å²) in [6, 6.07) is 7.98. The van der Waals surface area contributed by atoms with Crippen LogP contribution in [0.3, 0.4) is 0 Å². The van der Waals surface area contributed by atoms with Crippen molar-refractivity contribution in [2.24, 2.45) is 5.92 Å². The molecule has 20 heavy (non-hydrogen) atoms. The molecular formula is C17H24N2O. The first-order valence-electron chi connectivity index (χ1n) is 7.13.